The SMILES string of the molecule is Cc1cccc(C)c1NC(=O)N(CCN1CCOCC1)Cc1cc2cccc(C)c2nc1Cl. The molecule has 7 heteroatoms. The van der Waals surface area contributed by atoms with E-state index >= 15 is 0 Å². The van der Waals surface area contributed by atoms with Crippen molar-refractivity contribution in [1.82, 2.24) is 14.8 Å². The first kappa shape index (κ1) is 23.5. The van der Waals surface area contributed by atoms with Gasteiger partial charge in [-0.15, -0.1) is 0 Å². The summed E-state index contributed by atoms with van der Waals surface area (Å²) in [6.45, 7) is 11.0. The fourth-order valence-corrected chi connectivity index (χ4v) is 4.42. The molecule has 1 saturated heterocycles. The highest BCUT2D eigenvalue weighted by molar-refractivity contribution is 6.30. The third-order valence-electron chi connectivity index (χ3n) is 6.22. The van der Waals surface area contributed by atoms with Crippen LogP contribution < -0.4 is 5.32 Å². The van der Waals surface area contributed by atoms with Gasteiger partial charge in [0, 0.05) is 42.8 Å². The summed E-state index contributed by atoms with van der Waals surface area (Å²) in [5, 5.41) is 4.60. The number of para-hydroxylation sites is 2. The Hall–Kier alpha value is -2.67. The minimum absolute atomic E-state index is 0.138. The highest BCUT2D eigenvalue weighted by Crippen LogP contribution is 2.25. The lowest BCUT2D eigenvalue weighted by Crippen LogP contribution is -2.44. The fraction of sp³-hybridized carbons (Fsp3) is 0.385. The number of nitrogens with zero attached hydrogens (tertiary/aromatic N) is 3. The van der Waals surface area contributed by atoms with E-state index in [-0.39, 0.29) is 6.03 Å². The first-order chi connectivity index (χ1) is 15.9. The van der Waals surface area contributed by atoms with Gasteiger partial charge in [-0.3, -0.25) is 4.90 Å². The molecule has 3 aromatic rings. The Morgan fingerprint density at radius 3 is 2.48 bits per heavy atom. The highest BCUT2D eigenvalue weighted by Gasteiger charge is 2.20. The fourth-order valence-electron chi connectivity index (χ4n) is 4.22. The Labute approximate surface area is 200 Å². The van der Waals surface area contributed by atoms with Crippen LogP contribution >= 0.6 is 11.6 Å². The van der Waals surface area contributed by atoms with Crippen molar-refractivity contribution >= 4 is 34.2 Å². The normalized spacial score (nSPS) is 14.4. The molecule has 33 heavy (non-hydrogen) atoms. The summed E-state index contributed by atoms with van der Waals surface area (Å²) < 4.78 is 5.46. The van der Waals surface area contributed by atoms with Crippen molar-refractivity contribution in [3.63, 3.8) is 0 Å². The van der Waals surface area contributed by atoms with Gasteiger partial charge in [0.1, 0.15) is 5.15 Å². The van der Waals surface area contributed by atoms with E-state index in [1.807, 2.05) is 68.1 Å². The number of halogens is 1. The largest absolute Gasteiger partial charge is 0.379 e. The number of nitrogens with one attached hydrogen (secondary N) is 1. The molecule has 174 valence electrons. The number of fused-ring (bicyclic) bond motifs is 1. The summed E-state index contributed by atoms with van der Waals surface area (Å²) in [5.41, 5.74) is 5.75. The van der Waals surface area contributed by atoms with Gasteiger partial charge < -0.3 is 15.0 Å². The van der Waals surface area contributed by atoms with Crippen molar-refractivity contribution in [2.24, 2.45) is 0 Å². The molecular formula is C26H31ClN4O2. The van der Waals surface area contributed by atoms with Crippen molar-refractivity contribution in [1.29, 1.82) is 0 Å². The van der Waals surface area contributed by atoms with Crippen LogP contribution in [0.4, 0.5) is 10.5 Å². The number of pyridine rings is 1. The lowest BCUT2D eigenvalue weighted by molar-refractivity contribution is 0.0349. The number of carbonyl (C=O) groups excluding carboxylic acids is 1. The summed E-state index contributed by atoms with van der Waals surface area (Å²) in [6, 6.07) is 14.0. The van der Waals surface area contributed by atoms with Crippen LogP contribution in [0, 0.1) is 20.8 Å². The second-order valence-corrected chi connectivity index (χ2v) is 9.02. The van der Waals surface area contributed by atoms with E-state index < -0.39 is 0 Å². The first-order valence-corrected chi connectivity index (χ1v) is 11.8. The molecule has 0 atom stereocenters. The maximum absolute atomic E-state index is 13.4. The number of amides is 2. The summed E-state index contributed by atoms with van der Waals surface area (Å²) in [4.78, 5) is 22.2. The lowest BCUT2D eigenvalue weighted by Gasteiger charge is -2.30. The van der Waals surface area contributed by atoms with Crippen LogP contribution in [-0.2, 0) is 11.3 Å². The summed E-state index contributed by atoms with van der Waals surface area (Å²) in [6.07, 6.45) is 0. The van der Waals surface area contributed by atoms with E-state index in [0.29, 0.717) is 18.2 Å². The lowest BCUT2D eigenvalue weighted by atomic mass is 10.1. The topological polar surface area (TPSA) is 57.7 Å². The van der Waals surface area contributed by atoms with Crippen molar-refractivity contribution in [3.05, 3.63) is 69.9 Å². The standard InChI is InChI=1S/C26H31ClN4O2/c1-18-6-4-7-19(2)23(18)29-26(32)31(11-10-30-12-14-33-15-13-30)17-22-16-21-9-5-8-20(3)24(21)28-25(22)27/h4-9,16H,10-15,17H2,1-3H3,(H,29,32). The number of morpholine rings is 1. The molecule has 0 radical (unpaired) electrons. The molecule has 0 saturated carbocycles. The Morgan fingerprint density at radius 1 is 1.09 bits per heavy atom. The molecule has 0 aliphatic carbocycles. The van der Waals surface area contributed by atoms with Gasteiger partial charge in [0.25, 0.3) is 0 Å². The van der Waals surface area contributed by atoms with E-state index in [1.165, 1.54) is 0 Å². The van der Waals surface area contributed by atoms with Gasteiger partial charge in [-0.05, 0) is 43.5 Å². The molecule has 1 N–H and O–H groups in total. The van der Waals surface area contributed by atoms with Gasteiger partial charge in [-0.1, -0.05) is 48.0 Å². The van der Waals surface area contributed by atoms with Gasteiger partial charge in [0.05, 0.1) is 25.3 Å². The van der Waals surface area contributed by atoms with E-state index in [0.717, 1.165) is 71.7 Å². The molecule has 1 aromatic heterocycles. The van der Waals surface area contributed by atoms with Gasteiger partial charge in [-0.25, -0.2) is 9.78 Å². The predicted octanol–water partition coefficient (Wildman–Crippen LogP) is 5.18. The van der Waals surface area contributed by atoms with Gasteiger partial charge >= 0.3 is 6.03 Å². The molecule has 0 bridgehead atoms. The molecule has 1 aliphatic heterocycles. The molecule has 6 nitrogen and oxygen atoms in total. The molecule has 0 unspecified atom stereocenters. The molecule has 2 heterocycles. The number of anilines is 1. The third-order valence-corrected chi connectivity index (χ3v) is 6.55. The van der Waals surface area contributed by atoms with Crippen LogP contribution in [0.15, 0.2) is 42.5 Å². The minimum atomic E-state index is -0.138. The summed E-state index contributed by atoms with van der Waals surface area (Å²) >= 11 is 6.59. The molecule has 2 amide bonds. The number of rotatable bonds is 6. The predicted molar refractivity (Wildman–Crippen MR) is 134 cm³/mol. The highest BCUT2D eigenvalue weighted by atomic mass is 35.5. The number of aryl methyl sites for hydroxylation is 3. The number of aromatic nitrogens is 1. The summed E-state index contributed by atoms with van der Waals surface area (Å²) in [5.74, 6) is 0. The van der Waals surface area contributed by atoms with Crippen LogP contribution in [0.3, 0.4) is 0 Å². The zero-order valence-electron chi connectivity index (χ0n) is 19.5. The van der Waals surface area contributed by atoms with E-state index in [2.05, 4.69) is 15.2 Å². The maximum Gasteiger partial charge on any atom is 0.322 e. The number of hydrogen-bond donors (Lipinski definition) is 1. The van der Waals surface area contributed by atoms with Gasteiger partial charge in [-0.2, -0.15) is 0 Å². The second-order valence-electron chi connectivity index (χ2n) is 8.66. The molecule has 1 fully saturated rings. The maximum atomic E-state index is 13.4. The van der Waals surface area contributed by atoms with Crippen molar-refractivity contribution in [2.45, 2.75) is 27.3 Å². The average Bonchev–Trinajstić information content (AvgIpc) is 2.80. The van der Waals surface area contributed by atoms with Crippen LogP contribution in [0.25, 0.3) is 10.9 Å². The first-order valence-electron chi connectivity index (χ1n) is 11.4. The quantitative estimate of drug-likeness (QED) is 0.508. The van der Waals surface area contributed by atoms with E-state index in [1.54, 1.807) is 0 Å². The molecular weight excluding hydrogens is 436 g/mol. The van der Waals surface area contributed by atoms with E-state index in [9.17, 15) is 4.79 Å². The second kappa shape index (κ2) is 10.5. The van der Waals surface area contributed by atoms with Crippen LogP contribution in [0.2, 0.25) is 5.15 Å². The van der Waals surface area contributed by atoms with E-state index in [4.69, 9.17) is 16.3 Å². The number of benzene rings is 2. The average molecular weight is 467 g/mol. The molecule has 4 rings (SSSR count). The summed E-state index contributed by atoms with van der Waals surface area (Å²) in [7, 11) is 0. The zero-order valence-corrected chi connectivity index (χ0v) is 20.3. The monoisotopic (exact) mass is 466 g/mol. The molecule has 1 aliphatic rings. The number of urea groups is 1. The number of ether oxygens (including phenoxy) is 1. The van der Waals surface area contributed by atoms with Crippen LogP contribution in [0.1, 0.15) is 22.3 Å². The Morgan fingerprint density at radius 2 is 1.76 bits per heavy atom. The molecule has 0 spiro atoms. The van der Waals surface area contributed by atoms with Crippen molar-refractivity contribution in [2.75, 3.05) is 44.7 Å². The van der Waals surface area contributed by atoms with Gasteiger partial charge in [0.2, 0.25) is 0 Å². The third kappa shape index (κ3) is 5.64. The van der Waals surface area contributed by atoms with Crippen LogP contribution in [-0.4, -0.2) is 60.2 Å². The van der Waals surface area contributed by atoms with Gasteiger partial charge in [0.15, 0.2) is 0 Å². The Kier molecular flexibility index (Phi) is 7.48. The molecule has 2 aromatic carbocycles. The van der Waals surface area contributed by atoms with Crippen LogP contribution in [0.5, 0.6) is 0 Å². The van der Waals surface area contributed by atoms with Crippen molar-refractivity contribution in [3.8, 4) is 0 Å². The Balaban J connectivity index is 1.58. The Bertz CT molecular complexity index is 1120. The van der Waals surface area contributed by atoms with Crippen molar-refractivity contribution < 1.29 is 9.53 Å². The smallest absolute Gasteiger partial charge is 0.322 e. The zero-order chi connectivity index (χ0) is 23.4. The number of carbonyl (C=O) groups is 1. The minimum Gasteiger partial charge on any atom is -0.379 e. The number of hydrogen-bond acceptors (Lipinski definition) is 4.